The maximum Gasteiger partial charge on any atom is 0.337 e. The minimum Gasteiger partial charge on any atom is -0.478 e. The predicted molar refractivity (Wildman–Crippen MR) is 52.1 cm³/mol. The molecule has 2 N–H and O–H groups in total. The van der Waals surface area contributed by atoms with E-state index in [4.69, 9.17) is 5.11 Å². The standard InChI is InChI=1S/C10H11NO2/c1-2-7-11-9-6-4-3-5-8(9)10(12)13/h2-6,11H,1,7H2,(H,12,13). The van der Waals surface area contributed by atoms with Crippen molar-refractivity contribution in [2.45, 2.75) is 0 Å². The lowest BCUT2D eigenvalue weighted by atomic mass is 10.2. The molecule has 0 aliphatic heterocycles. The van der Waals surface area contributed by atoms with Gasteiger partial charge in [0.15, 0.2) is 0 Å². The number of carboxylic acid groups (broad SMARTS) is 1. The van der Waals surface area contributed by atoms with Crippen LogP contribution in [0.1, 0.15) is 10.4 Å². The molecule has 0 radical (unpaired) electrons. The average Bonchev–Trinajstić information content (AvgIpc) is 2.15. The fourth-order valence-electron chi connectivity index (χ4n) is 1.01. The minimum atomic E-state index is -0.924. The first-order valence-electron chi connectivity index (χ1n) is 3.93. The van der Waals surface area contributed by atoms with Crippen LogP contribution in [0.4, 0.5) is 5.69 Å². The van der Waals surface area contributed by atoms with Crippen LogP contribution in [-0.2, 0) is 0 Å². The van der Waals surface area contributed by atoms with Gasteiger partial charge in [-0.05, 0) is 12.1 Å². The Hall–Kier alpha value is -1.77. The molecule has 0 amide bonds. The summed E-state index contributed by atoms with van der Waals surface area (Å²) in [4.78, 5) is 10.7. The number of para-hydroxylation sites is 1. The van der Waals surface area contributed by atoms with Gasteiger partial charge in [-0.2, -0.15) is 0 Å². The van der Waals surface area contributed by atoms with E-state index in [9.17, 15) is 4.79 Å². The fourth-order valence-corrected chi connectivity index (χ4v) is 1.01. The highest BCUT2D eigenvalue weighted by Crippen LogP contribution is 2.14. The summed E-state index contributed by atoms with van der Waals surface area (Å²) in [6.45, 7) is 4.10. The number of carboxylic acids is 1. The van der Waals surface area contributed by atoms with Crippen molar-refractivity contribution >= 4 is 11.7 Å². The lowest BCUT2D eigenvalue weighted by Gasteiger charge is -2.06. The first-order chi connectivity index (χ1) is 6.25. The van der Waals surface area contributed by atoms with Gasteiger partial charge < -0.3 is 10.4 Å². The maximum atomic E-state index is 10.7. The molecule has 0 spiro atoms. The lowest BCUT2D eigenvalue weighted by molar-refractivity contribution is 0.0698. The molecule has 3 nitrogen and oxygen atoms in total. The molecule has 3 heteroatoms. The number of benzene rings is 1. The molecule has 13 heavy (non-hydrogen) atoms. The van der Waals surface area contributed by atoms with Gasteiger partial charge in [-0.1, -0.05) is 18.2 Å². The van der Waals surface area contributed by atoms with Crippen LogP contribution in [0.2, 0.25) is 0 Å². The Morgan fingerprint density at radius 1 is 1.54 bits per heavy atom. The lowest BCUT2D eigenvalue weighted by Crippen LogP contribution is -2.05. The molecule has 0 fully saturated rings. The number of nitrogens with one attached hydrogen (secondary N) is 1. The summed E-state index contributed by atoms with van der Waals surface area (Å²) < 4.78 is 0. The fraction of sp³-hybridized carbons (Fsp3) is 0.100. The molecule has 1 aromatic carbocycles. The van der Waals surface area contributed by atoms with Gasteiger partial charge in [-0.25, -0.2) is 4.79 Å². The van der Waals surface area contributed by atoms with Crippen LogP contribution < -0.4 is 5.32 Å². The van der Waals surface area contributed by atoms with Gasteiger partial charge >= 0.3 is 5.97 Å². The van der Waals surface area contributed by atoms with Gasteiger partial charge in [0, 0.05) is 12.2 Å². The summed E-state index contributed by atoms with van der Waals surface area (Å²) in [7, 11) is 0. The van der Waals surface area contributed by atoms with Crippen molar-refractivity contribution in [3.63, 3.8) is 0 Å². The van der Waals surface area contributed by atoms with E-state index < -0.39 is 5.97 Å². The van der Waals surface area contributed by atoms with E-state index in [2.05, 4.69) is 11.9 Å². The number of aromatic carboxylic acids is 1. The Morgan fingerprint density at radius 2 is 2.23 bits per heavy atom. The van der Waals surface area contributed by atoms with Crippen molar-refractivity contribution in [3.8, 4) is 0 Å². The van der Waals surface area contributed by atoms with E-state index in [1.165, 1.54) is 0 Å². The molecular weight excluding hydrogens is 166 g/mol. The van der Waals surface area contributed by atoms with Gasteiger partial charge in [-0.3, -0.25) is 0 Å². The normalized spacial score (nSPS) is 9.23. The van der Waals surface area contributed by atoms with Gasteiger partial charge in [0.1, 0.15) is 0 Å². The Kier molecular flexibility index (Phi) is 3.09. The summed E-state index contributed by atoms with van der Waals surface area (Å²) in [5.74, 6) is -0.924. The van der Waals surface area contributed by atoms with Gasteiger partial charge in [0.05, 0.1) is 5.56 Å². The van der Waals surface area contributed by atoms with Crippen molar-refractivity contribution in [3.05, 3.63) is 42.5 Å². The zero-order valence-electron chi connectivity index (χ0n) is 7.16. The smallest absolute Gasteiger partial charge is 0.337 e. The van der Waals surface area contributed by atoms with Crippen molar-refractivity contribution in [2.75, 3.05) is 11.9 Å². The van der Waals surface area contributed by atoms with Crippen LogP contribution in [0.5, 0.6) is 0 Å². The zero-order valence-corrected chi connectivity index (χ0v) is 7.16. The molecule has 0 aliphatic rings. The van der Waals surface area contributed by atoms with Crippen LogP contribution in [0.15, 0.2) is 36.9 Å². The molecule has 0 unspecified atom stereocenters. The van der Waals surface area contributed by atoms with E-state index in [1.807, 2.05) is 0 Å². The van der Waals surface area contributed by atoms with E-state index in [1.54, 1.807) is 30.3 Å². The van der Waals surface area contributed by atoms with E-state index in [-0.39, 0.29) is 5.56 Å². The van der Waals surface area contributed by atoms with Crippen molar-refractivity contribution in [1.29, 1.82) is 0 Å². The van der Waals surface area contributed by atoms with Gasteiger partial charge in [-0.15, -0.1) is 6.58 Å². The first kappa shape index (κ1) is 9.32. The van der Waals surface area contributed by atoms with Crippen LogP contribution in [-0.4, -0.2) is 17.6 Å². The van der Waals surface area contributed by atoms with Crippen molar-refractivity contribution < 1.29 is 9.90 Å². The average molecular weight is 177 g/mol. The Labute approximate surface area is 76.7 Å². The van der Waals surface area contributed by atoms with Crippen LogP contribution in [0.25, 0.3) is 0 Å². The Bertz CT molecular complexity index is 320. The van der Waals surface area contributed by atoms with Crippen molar-refractivity contribution in [1.82, 2.24) is 0 Å². The molecule has 0 aliphatic carbocycles. The van der Waals surface area contributed by atoms with E-state index in [0.29, 0.717) is 12.2 Å². The third-order valence-corrected chi connectivity index (χ3v) is 1.59. The SMILES string of the molecule is C=CCNc1ccccc1C(=O)O. The highest BCUT2D eigenvalue weighted by Gasteiger charge is 2.06. The van der Waals surface area contributed by atoms with Gasteiger partial charge in [0.2, 0.25) is 0 Å². The molecule has 0 saturated carbocycles. The summed E-state index contributed by atoms with van der Waals surface area (Å²) in [5, 5.41) is 11.7. The predicted octanol–water partition coefficient (Wildman–Crippen LogP) is 1.98. The molecule has 0 bridgehead atoms. The molecule has 1 aromatic rings. The second-order valence-corrected chi connectivity index (χ2v) is 2.52. The third-order valence-electron chi connectivity index (χ3n) is 1.59. The molecule has 1 rings (SSSR count). The second kappa shape index (κ2) is 4.30. The highest BCUT2D eigenvalue weighted by atomic mass is 16.4. The largest absolute Gasteiger partial charge is 0.478 e. The maximum absolute atomic E-state index is 10.7. The minimum absolute atomic E-state index is 0.282. The third kappa shape index (κ3) is 2.33. The summed E-state index contributed by atoms with van der Waals surface area (Å²) >= 11 is 0. The molecule has 0 aromatic heterocycles. The first-order valence-corrected chi connectivity index (χ1v) is 3.93. The quantitative estimate of drug-likeness (QED) is 0.691. The molecule has 0 heterocycles. The Balaban J connectivity index is 2.90. The zero-order chi connectivity index (χ0) is 9.68. The van der Waals surface area contributed by atoms with Gasteiger partial charge in [0.25, 0.3) is 0 Å². The van der Waals surface area contributed by atoms with Crippen LogP contribution in [0, 0.1) is 0 Å². The van der Waals surface area contributed by atoms with E-state index >= 15 is 0 Å². The van der Waals surface area contributed by atoms with Crippen molar-refractivity contribution in [2.24, 2.45) is 0 Å². The van der Waals surface area contributed by atoms with E-state index in [0.717, 1.165) is 0 Å². The number of rotatable bonds is 4. The van der Waals surface area contributed by atoms with Crippen LogP contribution >= 0.6 is 0 Å². The monoisotopic (exact) mass is 177 g/mol. The topological polar surface area (TPSA) is 49.3 Å². The molecule has 0 saturated heterocycles. The number of hydrogen-bond acceptors (Lipinski definition) is 2. The Morgan fingerprint density at radius 3 is 2.85 bits per heavy atom. The second-order valence-electron chi connectivity index (χ2n) is 2.52. The summed E-state index contributed by atoms with van der Waals surface area (Å²) in [6, 6.07) is 6.78. The molecule has 0 atom stereocenters. The number of hydrogen-bond donors (Lipinski definition) is 2. The number of carbonyl (C=O) groups is 1. The molecular formula is C10H11NO2. The highest BCUT2D eigenvalue weighted by molar-refractivity contribution is 5.94. The summed E-state index contributed by atoms with van der Waals surface area (Å²) in [5.41, 5.74) is 0.902. The molecule has 68 valence electrons. The summed E-state index contributed by atoms with van der Waals surface area (Å²) in [6.07, 6.45) is 1.68. The number of anilines is 1. The van der Waals surface area contributed by atoms with Crippen LogP contribution in [0.3, 0.4) is 0 Å².